The van der Waals surface area contributed by atoms with Gasteiger partial charge >= 0.3 is 5.97 Å². The maximum atomic E-state index is 10.3. The van der Waals surface area contributed by atoms with E-state index in [-0.39, 0.29) is 6.42 Å². The SMILES string of the molecule is Cc1n[nH]c(C)c1CNCCCC(=O)O. The van der Waals surface area contributed by atoms with Crippen molar-refractivity contribution in [2.45, 2.75) is 33.2 Å². The first kappa shape index (κ1) is 11.7. The van der Waals surface area contributed by atoms with E-state index in [1.54, 1.807) is 0 Å². The Kier molecular flexibility index (Phi) is 4.30. The molecular weight excluding hydrogens is 194 g/mol. The third-order valence-corrected chi connectivity index (χ3v) is 2.33. The van der Waals surface area contributed by atoms with E-state index in [1.807, 2.05) is 13.8 Å². The summed E-state index contributed by atoms with van der Waals surface area (Å²) in [6.07, 6.45) is 0.877. The number of nitrogens with zero attached hydrogens (tertiary/aromatic N) is 1. The monoisotopic (exact) mass is 211 g/mol. The van der Waals surface area contributed by atoms with Crippen LogP contribution in [0.4, 0.5) is 0 Å². The van der Waals surface area contributed by atoms with Gasteiger partial charge in [0.15, 0.2) is 0 Å². The van der Waals surface area contributed by atoms with Gasteiger partial charge in [0.05, 0.1) is 5.69 Å². The minimum atomic E-state index is -0.743. The first-order valence-electron chi connectivity index (χ1n) is 5.04. The number of aryl methyl sites for hydroxylation is 2. The van der Waals surface area contributed by atoms with Crippen LogP contribution in [0.5, 0.6) is 0 Å². The Bertz CT molecular complexity index is 314. The van der Waals surface area contributed by atoms with Crippen molar-refractivity contribution in [3.63, 3.8) is 0 Å². The lowest BCUT2D eigenvalue weighted by atomic mass is 10.2. The Morgan fingerprint density at radius 2 is 2.27 bits per heavy atom. The molecule has 0 unspecified atom stereocenters. The molecule has 5 heteroatoms. The van der Waals surface area contributed by atoms with Crippen LogP contribution in [-0.4, -0.2) is 27.8 Å². The number of aliphatic carboxylic acids is 1. The van der Waals surface area contributed by atoms with Crippen molar-refractivity contribution < 1.29 is 9.90 Å². The molecule has 0 amide bonds. The number of aromatic nitrogens is 2. The van der Waals surface area contributed by atoms with Crippen molar-refractivity contribution in [3.8, 4) is 0 Å². The molecule has 0 aromatic carbocycles. The number of rotatable bonds is 6. The molecule has 0 spiro atoms. The van der Waals surface area contributed by atoms with Crippen LogP contribution in [-0.2, 0) is 11.3 Å². The summed E-state index contributed by atoms with van der Waals surface area (Å²) in [5, 5.41) is 18.6. The number of nitrogens with one attached hydrogen (secondary N) is 2. The molecule has 0 aliphatic heterocycles. The van der Waals surface area contributed by atoms with E-state index in [0.717, 1.165) is 24.5 Å². The van der Waals surface area contributed by atoms with Crippen LogP contribution in [0.2, 0.25) is 0 Å². The Morgan fingerprint density at radius 1 is 1.53 bits per heavy atom. The van der Waals surface area contributed by atoms with E-state index in [4.69, 9.17) is 5.11 Å². The largest absolute Gasteiger partial charge is 0.481 e. The molecule has 0 aliphatic rings. The van der Waals surface area contributed by atoms with E-state index in [9.17, 15) is 4.79 Å². The van der Waals surface area contributed by atoms with Crippen molar-refractivity contribution in [2.24, 2.45) is 0 Å². The van der Waals surface area contributed by atoms with Crippen LogP contribution in [0.25, 0.3) is 0 Å². The molecule has 0 radical (unpaired) electrons. The van der Waals surface area contributed by atoms with E-state index >= 15 is 0 Å². The lowest BCUT2D eigenvalue weighted by Gasteiger charge is -2.03. The van der Waals surface area contributed by atoms with E-state index in [2.05, 4.69) is 15.5 Å². The summed E-state index contributed by atoms with van der Waals surface area (Å²) in [5.74, 6) is -0.743. The number of H-pyrrole nitrogens is 1. The number of hydrogen-bond donors (Lipinski definition) is 3. The second kappa shape index (κ2) is 5.50. The zero-order valence-corrected chi connectivity index (χ0v) is 9.13. The summed E-state index contributed by atoms with van der Waals surface area (Å²) < 4.78 is 0. The third kappa shape index (κ3) is 3.71. The van der Waals surface area contributed by atoms with Crippen molar-refractivity contribution in [1.29, 1.82) is 0 Å². The van der Waals surface area contributed by atoms with Gasteiger partial charge in [-0.1, -0.05) is 0 Å². The molecule has 1 rings (SSSR count). The quantitative estimate of drug-likeness (QED) is 0.613. The number of hydrogen-bond acceptors (Lipinski definition) is 3. The van der Waals surface area contributed by atoms with Gasteiger partial charge in [-0.25, -0.2) is 0 Å². The Balaban J connectivity index is 2.23. The van der Waals surface area contributed by atoms with Crippen LogP contribution in [0.15, 0.2) is 0 Å². The Hall–Kier alpha value is -1.36. The summed E-state index contributed by atoms with van der Waals surface area (Å²) in [7, 11) is 0. The molecule has 15 heavy (non-hydrogen) atoms. The fourth-order valence-electron chi connectivity index (χ4n) is 1.41. The fourth-order valence-corrected chi connectivity index (χ4v) is 1.41. The normalized spacial score (nSPS) is 10.5. The summed E-state index contributed by atoms with van der Waals surface area (Å²) in [5.41, 5.74) is 3.24. The second-order valence-electron chi connectivity index (χ2n) is 3.59. The highest BCUT2D eigenvalue weighted by Gasteiger charge is 2.04. The molecule has 1 aromatic heterocycles. The summed E-state index contributed by atoms with van der Waals surface area (Å²) in [6.45, 7) is 5.40. The zero-order valence-electron chi connectivity index (χ0n) is 9.13. The topological polar surface area (TPSA) is 78.0 Å². The van der Waals surface area contributed by atoms with Crippen LogP contribution in [0, 0.1) is 13.8 Å². The molecule has 0 saturated carbocycles. The molecule has 0 aliphatic carbocycles. The summed E-state index contributed by atoms with van der Waals surface area (Å²) >= 11 is 0. The van der Waals surface area contributed by atoms with Crippen molar-refractivity contribution in [3.05, 3.63) is 17.0 Å². The molecule has 84 valence electrons. The predicted octanol–water partition coefficient (Wildman–Crippen LogP) is 0.981. The third-order valence-electron chi connectivity index (χ3n) is 2.33. The lowest BCUT2D eigenvalue weighted by Crippen LogP contribution is -2.16. The van der Waals surface area contributed by atoms with Gasteiger partial charge in [0.1, 0.15) is 0 Å². The van der Waals surface area contributed by atoms with Crippen molar-refractivity contribution in [2.75, 3.05) is 6.54 Å². The smallest absolute Gasteiger partial charge is 0.303 e. The van der Waals surface area contributed by atoms with E-state index in [0.29, 0.717) is 6.42 Å². The molecule has 0 fully saturated rings. The zero-order chi connectivity index (χ0) is 11.3. The Morgan fingerprint density at radius 3 is 2.80 bits per heavy atom. The molecule has 1 aromatic rings. The summed E-state index contributed by atoms with van der Waals surface area (Å²) in [4.78, 5) is 10.3. The highest BCUT2D eigenvalue weighted by Crippen LogP contribution is 2.08. The standard InChI is InChI=1S/C10H17N3O2/c1-7-9(8(2)13-12-7)6-11-5-3-4-10(14)15/h11H,3-6H2,1-2H3,(H,12,13)(H,14,15). The minimum absolute atomic E-state index is 0.219. The average Bonchev–Trinajstić information content (AvgIpc) is 2.47. The number of aromatic amines is 1. The van der Waals surface area contributed by atoms with Crippen LogP contribution in [0.3, 0.4) is 0 Å². The minimum Gasteiger partial charge on any atom is -0.481 e. The molecular formula is C10H17N3O2. The highest BCUT2D eigenvalue weighted by atomic mass is 16.4. The van der Waals surface area contributed by atoms with Gasteiger partial charge in [0.25, 0.3) is 0 Å². The van der Waals surface area contributed by atoms with Gasteiger partial charge in [0, 0.05) is 24.2 Å². The average molecular weight is 211 g/mol. The first-order valence-corrected chi connectivity index (χ1v) is 5.04. The van der Waals surface area contributed by atoms with Crippen LogP contribution in [0.1, 0.15) is 29.8 Å². The molecule has 1 heterocycles. The maximum Gasteiger partial charge on any atom is 0.303 e. The van der Waals surface area contributed by atoms with Crippen molar-refractivity contribution in [1.82, 2.24) is 15.5 Å². The second-order valence-corrected chi connectivity index (χ2v) is 3.59. The number of carboxylic acid groups (broad SMARTS) is 1. The van der Waals surface area contributed by atoms with Gasteiger partial charge in [-0.15, -0.1) is 0 Å². The van der Waals surface area contributed by atoms with Gasteiger partial charge in [-0.2, -0.15) is 5.10 Å². The first-order chi connectivity index (χ1) is 7.11. The number of carboxylic acids is 1. The van der Waals surface area contributed by atoms with E-state index in [1.165, 1.54) is 5.56 Å². The van der Waals surface area contributed by atoms with Gasteiger partial charge in [-0.3, -0.25) is 9.89 Å². The summed E-state index contributed by atoms with van der Waals surface area (Å²) in [6, 6.07) is 0. The Labute approximate surface area is 88.9 Å². The fraction of sp³-hybridized carbons (Fsp3) is 0.600. The van der Waals surface area contributed by atoms with Crippen LogP contribution >= 0.6 is 0 Å². The lowest BCUT2D eigenvalue weighted by molar-refractivity contribution is -0.137. The molecule has 0 saturated heterocycles. The molecule has 0 atom stereocenters. The van der Waals surface area contributed by atoms with Gasteiger partial charge in [-0.05, 0) is 26.8 Å². The maximum absolute atomic E-state index is 10.3. The van der Waals surface area contributed by atoms with Gasteiger partial charge in [0.2, 0.25) is 0 Å². The number of carbonyl (C=O) groups is 1. The molecule has 3 N–H and O–H groups in total. The highest BCUT2D eigenvalue weighted by molar-refractivity contribution is 5.66. The predicted molar refractivity (Wildman–Crippen MR) is 56.6 cm³/mol. The van der Waals surface area contributed by atoms with Crippen molar-refractivity contribution >= 4 is 5.97 Å². The van der Waals surface area contributed by atoms with Gasteiger partial charge < -0.3 is 10.4 Å². The molecule has 0 bridgehead atoms. The van der Waals surface area contributed by atoms with Crippen LogP contribution < -0.4 is 5.32 Å². The molecule has 5 nitrogen and oxygen atoms in total. The van der Waals surface area contributed by atoms with E-state index < -0.39 is 5.97 Å².